The van der Waals surface area contributed by atoms with E-state index < -0.39 is 13.9 Å². The van der Waals surface area contributed by atoms with Gasteiger partial charge in [-0.3, -0.25) is 9.36 Å². The van der Waals surface area contributed by atoms with E-state index in [0.717, 1.165) is 5.57 Å². The molecule has 7 heteroatoms. The van der Waals surface area contributed by atoms with E-state index in [1.54, 1.807) is 32.9 Å². The Hall–Kier alpha value is -0.780. The Kier molecular flexibility index (Phi) is 8.07. The molecule has 1 aliphatic heterocycles. The molecule has 120 valence electrons. The second kappa shape index (κ2) is 9.28. The molecule has 0 aliphatic carbocycles. The van der Waals surface area contributed by atoms with Crippen LogP contribution in [0.3, 0.4) is 0 Å². The quantitative estimate of drug-likeness (QED) is 0.370. The van der Waals surface area contributed by atoms with Crippen molar-refractivity contribution < 1.29 is 27.9 Å². The molecule has 0 radical (unpaired) electrons. The summed E-state index contributed by atoms with van der Waals surface area (Å²) in [6.07, 6.45) is 4.20. The largest absolute Gasteiger partial charge is 0.343 e. The van der Waals surface area contributed by atoms with Crippen LogP contribution in [0.25, 0.3) is 0 Å². The molecule has 1 fully saturated rings. The van der Waals surface area contributed by atoms with Crippen LogP contribution in [0.4, 0.5) is 0 Å². The maximum Gasteiger partial charge on any atom is 0.334 e. The van der Waals surface area contributed by atoms with Gasteiger partial charge in [-0.2, -0.15) is 0 Å². The minimum atomic E-state index is -3.08. The number of carbonyl (C=O) groups excluding carboxylic acids is 1. The number of ether oxygens (including phenoxy) is 2. The first-order valence-electron chi connectivity index (χ1n) is 7.00. The Morgan fingerprint density at radius 3 is 2.33 bits per heavy atom. The molecule has 0 aromatic heterocycles. The molecule has 0 bridgehead atoms. The Balaban J connectivity index is 2.53. The SMILES string of the molecule is CCOP(=O)(CC=CC(C)=CC(=O)C1OCCO1)OCC. The highest BCUT2D eigenvalue weighted by molar-refractivity contribution is 7.54. The smallest absolute Gasteiger partial charge is 0.334 e. The molecule has 0 aromatic rings. The summed E-state index contributed by atoms with van der Waals surface area (Å²) in [5.41, 5.74) is 0.721. The van der Waals surface area contributed by atoms with Gasteiger partial charge in [0.1, 0.15) is 0 Å². The minimum Gasteiger partial charge on any atom is -0.343 e. The minimum absolute atomic E-state index is 0.171. The van der Waals surface area contributed by atoms with Crippen LogP contribution >= 0.6 is 7.60 Å². The lowest BCUT2D eigenvalue weighted by Crippen LogP contribution is -2.19. The first-order valence-corrected chi connectivity index (χ1v) is 8.73. The Bertz CT molecular complexity index is 427. The third-order valence-corrected chi connectivity index (χ3v) is 4.55. The zero-order chi connectivity index (χ0) is 15.7. The third-order valence-electron chi connectivity index (χ3n) is 2.59. The highest BCUT2D eigenvalue weighted by atomic mass is 31.2. The van der Waals surface area contributed by atoms with E-state index in [-0.39, 0.29) is 11.9 Å². The van der Waals surface area contributed by atoms with Crippen molar-refractivity contribution >= 4 is 13.4 Å². The Morgan fingerprint density at radius 2 is 1.81 bits per heavy atom. The molecule has 0 spiro atoms. The van der Waals surface area contributed by atoms with E-state index in [2.05, 4.69) is 0 Å². The maximum absolute atomic E-state index is 12.2. The van der Waals surface area contributed by atoms with Gasteiger partial charge in [0.25, 0.3) is 0 Å². The fraction of sp³-hybridized carbons (Fsp3) is 0.643. The second-order valence-corrected chi connectivity index (χ2v) is 6.50. The van der Waals surface area contributed by atoms with Crippen molar-refractivity contribution in [1.29, 1.82) is 0 Å². The first-order chi connectivity index (χ1) is 10.0. The standard InChI is InChI=1S/C14H23O6P/c1-4-19-21(16,20-5-2)10-6-7-12(3)11-13(15)14-17-8-9-18-14/h6-7,11,14H,4-5,8-10H2,1-3H3. The van der Waals surface area contributed by atoms with E-state index in [9.17, 15) is 9.36 Å². The van der Waals surface area contributed by atoms with E-state index in [1.807, 2.05) is 0 Å². The molecule has 21 heavy (non-hydrogen) atoms. The molecule has 0 N–H and O–H groups in total. The van der Waals surface area contributed by atoms with Crippen LogP contribution < -0.4 is 0 Å². The predicted molar refractivity (Wildman–Crippen MR) is 79.3 cm³/mol. The first kappa shape index (κ1) is 18.3. The molecule has 6 nitrogen and oxygen atoms in total. The number of rotatable bonds is 9. The van der Waals surface area contributed by atoms with Crippen LogP contribution in [0.1, 0.15) is 20.8 Å². The predicted octanol–water partition coefficient (Wildman–Crippen LogP) is 2.70. The van der Waals surface area contributed by atoms with Crippen molar-refractivity contribution in [3.05, 3.63) is 23.8 Å². The van der Waals surface area contributed by atoms with Gasteiger partial charge in [0.05, 0.1) is 32.6 Å². The fourth-order valence-corrected chi connectivity index (χ4v) is 3.20. The van der Waals surface area contributed by atoms with Gasteiger partial charge >= 0.3 is 7.60 Å². The van der Waals surface area contributed by atoms with Crippen molar-refractivity contribution in [3.63, 3.8) is 0 Å². The molecule has 0 unspecified atom stereocenters. The van der Waals surface area contributed by atoms with Crippen molar-refractivity contribution in [3.8, 4) is 0 Å². The number of allylic oxidation sites excluding steroid dienone is 3. The molecule has 0 saturated carbocycles. The van der Waals surface area contributed by atoms with Gasteiger partial charge in [-0.15, -0.1) is 0 Å². The molecule has 0 amide bonds. The van der Waals surface area contributed by atoms with Crippen LogP contribution in [-0.2, 0) is 27.9 Å². The topological polar surface area (TPSA) is 71.1 Å². The lowest BCUT2D eigenvalue weighted by atomic mass is 10.2. The third kappa shape index (κ3) is 6.68. The van der Waals surface area contributed by atoms with Crippen LogP contribution in [-0.4, -0.2) is 44.7 Å². The highest BCUT2D eigenvalue weighted by Crippen LogP contribution is 2.47. The van der Waals surface area contributed by atoms with Crippen LogP contribution in [0.5, 0.6) is 0 Å². The average Bonchev–Trinajstić information content (AvgIpc) is 2.93. The number of ketones is 1. The van der Waals surface area contributed by atoms with Crippen molar-refractivity contribution in [2.45, 2.75) is 27.1 Å². The van der Waals surface area contributed by atoms with Crippen molar-refractivity contribution in [2.24, 2.45) is 0 Å². The lowest BCUT2D eigenvalue weighted by Gasteiger charge is -2.14. The lowest BCUT2D eigenvalue weighted by molar-refractivity contribution is -0.138. The summed E-state index contributed by atoms with van der Waals surface area (Å²) < 4.78 is 32.8. The number of carbonyl (C=O) groups is 1. The number of hydrogen-bond acceptors (Lipinski definition) is 6. The van der Waals surface area contributed by atoms with Gasteiger partial charge in [0.2, 0.25) is 12.1 Å². The van der Waals surface area contributed by atoms with Gasteiger partial charge in [-0.1, -0.05) is 12.2 Å². The Morgan fingerprint density at radius 1 is 1.24 bits per heavy atom. The van der Waals surface area contributed by atoms with Crippen molar-refractivity contribution in [2.75, 3.05) is 32.6 Å². The van der Waals surface area contributed by atoms with Crippen LogP contribution in [0.2, 0.25) is 0 Å². The van der Waals surface area contributed by atoms with Gasteiger partial charge in [-0.05, 0) is 32.4 Å². The summed E-state index contributed by atoms with van der Waals surface area (Å²) in [5, 5.41) is 0. The molecule has 0 aromatic carbocycles. The van der Waals surface area contributed by atoms with Gasteiger partial charge in [0.15, 0.2) is 0 Å². The van der Waals surface area contributed by atoms with E-state index in [0.29, 0.717) is 26.4 Å². The zero-order valence-electron chi connectivity index (χ0n) is 12.7. The van der Waals surface area contributed by atoms with Gasteiger partial charge in [0, 0.05) is 0 Å². The second-order valence-electron chi connectivity index (χ2n) is 4.40. The molecular formula is C14H23O6P. The number of hydrogen-bond donors (Lipinski definition) is 0. The summed E-state index contributed by atoms with van der Waals surface area (Å²) in [4.78, 5) is 11.8. The maximum atomic E-state index is 12.2. The van der Waals surface area contributed by atoms with E-state index >= 15 is 0 Å². The summed E-state index contributed by atoms with van der Waals surface area (Å²) in [6, 6.07) is 0. The molecule has 1 aliphatic rings. The molecular weight excluding hydrogens is 295 g/mol. The average molecular weight is 318 g/mol. The normalized spacial score (nSPS) is 17.8. The zero-order valence-corrected chi connectivity index (χ0v) is 13.6. The van der Waals surface area contributed by atoms with Crippen molar-refractivity contribution in [1.82, 2.24) is 0 Å². The summed E-state index contributed by atoms with van der Waals surface area (Å²) in [5.74, 6) is -0.229. The van der Waals surface area contributed by atoms with E-state index in [1.165, 1.54) is 6.08 Å². The summed E-state index contributed by atoms with van der Waals surface area (Å²) >= 11 is 0. The molecule has 1 heterocycles. The van der Waals surface area contributed by atoms with Crippen LogP contribution in [0.15, 0.2) is 23.8 Å². The van der Waals surface area contributed by atoms with Gasteiger partial charge in [-0.25, -0.2) is 0 Å². The fourth-order valence-electron chi connectivity index (χ4n) is 1.77. The highest BCUT2D eigenvalue weighted by Gasteiger charge is 2.23. The monoisotopic (exact) mass is 318 g/mol. The van der Waals surface area contributed by atoms with Crippen LogP contribution in [0, 0.1) is 0 Å². The summed E-state index contributed by atoms with van der Waals surface area (Å²) in [7, 11) is -3.08. The molecule has 1 saturated heterocycles. The van der Waals surface area contributed by atoms with E-state index in [4.69, 9.17) is 18.5 Å². The Labute approximate surface area is 125 Å². The van der Waals surface area contributed by atoms with Gasteiger partial charge < -0.3 is 18.5 Å². The molecule has 1 rings (SSSR count). The summed E-state index contributed by atoms with van der Waals surface area (Å²) in [6.45, 7) is 6.83. The molecule has 0 atom stereocenters.